The number of hydrogen-bond donors (Lipinski definition) is 1. The van der Waals surface area contributed by atoms with Crippen LogP contribution in [-0.4, -0.2) is 39.8 Å². The summed E-state index contributed by atoms with van der Waals surface area (Å²) in [6, 6.07) is 13.5. The van der Waals surface area contributed by atoms with Crippen molar-refractivity contribution in [3.8, 4) is 0 Å². The van der Waals surface area contributed by atoms with Crippen molar-refractivity contribution >= 4 is 61.7 Å². The number of halogens is 1. The van der Waals surface area contributed by atoms with Crippen LogP contribution in [0.3, 0.4) is 0 Å². The Hall–Kier alpha value is -4.08. The molecule has 1 atom stereocenters. The smallest absolute Gasteiger partial charge is 0.337 e. The second-order valence-electron chi connectivity index (χ2n) is 7.63. The maximum absolute atomic E-state index is 13.3. The van der Waals surface area contributed by atoms with E-state index in [1.165, 1.54) is 47.9 Å². The first kappa shape index (κ1) is 22.7. The molecule has 10 heteroatoms. The van der Waals surface area contributed by atoms with Crippen LogP contribution in [0.2, 0.25) is 5.02 Å². The minimum absolute atomic E-state index is 0.0932. The van der Waals surface area contributed by atoms with E-state index in [9.17, 15) is 19.5 Å². The number of anilines is 1. The van der Waals surface area contributed by atoms with E-state index in [1.54, 1.807) is 42.5 Å². The predicted molar refractivity (Wildman–Crippen MR) is 131 cm³/mol. The molecule has 8 nitrogen and oxygen atoms in total. The van der Waals surface area contributed by atoms with E-state index in [0.29, 0.717) is 27.2 Å². The van der Waals surface area contributed by atoms with Crippen molar-refractivity contribution in [2.75, 3.05) is 12.0 Å². The maximum Gasteiger partial charge on any atom is 0.337 e. The standard InChI is InChI=1S/C25H16ClN3O5S/c1-34-24(33)15-4-2-13(3-5-15)20-19(21(30)14-8-10-27-11-9-14)22(31)23(32)29(20)25-28-17-7-6-16(26)12-18(17)35-25/h2-12,20,30H,1H3/b21-19+. The fraction of sp³-hybridized carbons (Fsp3) is 0.0800. The number of aliphatic hydroxyl groups is 1. The highest BCUT2D eigenvalue weighted by Crippen LogP contribution is 2.44. The summed E-state index contributed by atoms with van der Waals surface area (Å²) in [7, 11) is 1.28. The molecule has 1 amide bonds. The molecule has 2 aromatic carbocycles. The fourth-order valence-corrected chi connectivity index (χ4v) is 5.19. The molecule has 1 saturated heterocycles. The Morgan fingerprint density at radius 1 is 1.06 bits per heavy atom. The van der Waals surface area contributed by atoms with Gasteiger partial charge in [0, 0.05) is 23.0 Å². The van der Waals surface area contributed by atoms with Crippen molar-refractivity contribution in [2.24, 2.45) is 0 Å². The minimum atomic E-state index is -0.981. The molecule has 4 aromatic rings. The molecule has 2 aromatic heterocycles. The number of ketones is 1. The van der Waals surface area contributed by atoms with Gasteiger partial charge in [-0.3, -0.25) is 19.5 Å². The van der Waals surface area contributed by atoms with Gasteiger partial charge in [0.15, 0.2) is 5.13 Å². The van der Waals surface area contributed by atoms with Crippen molar-refractivity contribution in [1.82, 2.24) is 9.97 Å². The third-order valence-electron chi connectivity index (χ3n) is 5.59. The molecule has 1 fully saturated rings. The summed E-state index contributed by atoms with van der Waals surface area (Å²) in [4.78, 5) is 48.2. The average Bonchev–Trinajstić information content (AvgIpc) is 3.41. The summed E-state index contributed by atoms with van der Waals surface area (Å²) < 4.78 is 5.49. The van der Waals surface area contributed by atoms with Crippen LogP contribution in [0, 0.1) is 0 Å². The maximum atomic E-state index is 13.3. The van der Waals surface area contributed by atoms with Gasteiger partial charge in [-0.1, -0.05) is 35.1 Å². The Bertz CT molecular complexity index is 1520. The molecule has 35 heavy (non-hydrogen) atoms. The molecule has 0 saturated carbocycles. The highest BCUT2D eigenvalue weighted by atomic mass is 35.5. The van der Waals surface area contributed by atoms with Crippen LogP contribution in [0.25, 0.3) is 16.0 Å². The Morgan fingerprint density at radius 2 is 1.77 bits per heavy atom. The van der Waals surface area contributed by atoms with Gasteiger partial charge in [0.25, 0.3) is 5.78 Å². The van der Waals surface area contributed by atoms with Crippen molar-refractivity contribution in [2.45, 2.75) is 6.04 Å². The number of carbonyl (C=O) groups is 3. The zero-order valence-corrected chi connectivity index (χ0v) is 19.7. The first-order valence-corrected chi connectivity index (χ1v) is 11.5. The highest BCUT2D eigenvalue weighted by Gasteiger charge is 2.48. The number of carbonyl (C=O) groups excluding carboxylic acids is 3. The molecule has 3 heterocycles. The number of thiazole rings is 1. The second-order valence-corrected chi connectivity index (χ2v) is 9.07. The van der Waals surface area contributed by atoms with Gasteiger partial charge in [-0.25, -0.2) is 9.78 Å². The molecule has 0 spiro atoms. The van der Waals surface area contributed by atoms with Gasteiger partial charge in [0.2, 0.25) is 0 Å². The molecule has 1 aliphatic heterocycles. The third kappa shape index (κ3) is 3.94. The first-order valence-electron chi connectivity index (χ1n) is 10.3. The van der Waals surface area contributed by atoms with Gasteiger partial charge in [-0.05, 0) is 48.0 Å². The van der Waals surface area contributed by atoms with E-state index < -0.39 is 23.7 Å². The van der Waals surface area contributed by atoms with Gasteiger partial charge in [0.1, 0.15) is 5.76 Å². The number of Topliss-reactive ketones (excluding diaryl/α,β-unsaturated/α-hetero) is 1. The molecule has 174 valence electrons. The number of nitrogens with zero attached hydrogens (tertiary/aromatic N) is 3. The van der Waals surface area contributed by atoms with Crippen LogP contribution < -0.4 is 4.90 Å². The topological polar surface area (TPSA) is 110 Å². The lowest BCUT2D eigenvalue weighted by molar-refractivity contribution is -0.132. The zero-order chi connectivity index (χ0) is 24.7. The van der Waals surface area contributed by atoms with Crippen molar-refractivity contribution in [3.63, 3.8) is 0 Å². The van der Waals surface area contributed by atoms with Crippen LogP contribution in [0.1, 0.15) is 27.5 Å². The van der Waals surface area contributed by atoms with Gasteiger partial charge in [-0.15, -0.1) is 0 Å². The summed E-state index contributed by atoms with van der Waals surface area (Å²) in [6.45, 7) is 0. The molecule has 5 rings (SSSR count). The van der Waals surface area contributed by atoms with E-state index in [2.05, 4.69) is 9.97 Å². The number of aliphatic hydroxyl groups excluding tert-OH is 1. The normalized spacial score (nSPS) is 17.2. The monoisotopic (exact) mass is 505 g/mol. The number of aromatic nitrogens is 2. The zero-order valence-electron chi connectivity index (χ0n) is 18.1. The number of hydrogen-bond acceptors (Lipinski definition) is 8. The lowest BCUT2D eigenvalue weighted by Gasteiger charge is -2.23. The van der Waals surface area contributed by atoms with E-state index >= 15 is 0 Å². The van der Waals surface area contributed by atoms with E-state index in [1.807, 2.05) is 0 Å². The third-order valence-corrected chi connectivity index (χ3v) is 6.84. The minimum Gasteiger partial charge on any atom is -0.507 e. The van der Waals surface area contributed by atoms with Crippen LogP contribution >= 0.6 is 22.9 Å². The lowest BCUT2D eigenvalue weighted by atomic mass is 9.95. The second kappa shape index (κ2) is 8.94. The number of pyridine rings is 1. The van der Waals surface area contributed by atoms with E-state index in [0.717, 1.165) is 4.70 Å². The summed E-state index contributed by atoms with van der Waals surface area (Å²) in [5.41, 5.74) is 1.67. The number of methoxy groups -OCH3 is 1. The Labute approximate surface area is 208 Å². The molecule has 0 bridgehead atoms. The predicted octanol–water partition coefficient (Wildman–Crippen LogP) is 4.76. The quantitative estimate of drug-likeness (QED) is 0.184. The molecule has 1 unspecified atom stereocenters. The van der Waals surface area contributed by atoms with Crippen LogP contribution in [0.15, 0.2) is 72.6 Å². The molecule has 1 aliphatic rings. The number of ether oxygens (including phenoxy) is 1. The molecule has 0 radical (unpaired) electrons. The number of fused-ring (bicyclic) bond motifs is 1. The number of esters is 1. The SMILES string of the molecule is COC(=O)c1ccc(C2/C(=C(\O)c3ccncc3)C(=O)C(=O)N2c2nc3ccc(Cl)cc3s2)cc1. The van der Waals surface area contributed by atoms with Crippen molar-refractivity contribution < 1.29 is 24.2 Å². The average molecular weight is 506 g/mol. The Balaban J connectivity index is 1.71. The molecular formula is C25H16ClN3O5S. The summed E-state index contributed by atoms with van der Waals surface area (Å²) in [6.07, 6.45) is 2.95. The first-order chi connectivity index (χ1) is 16.9. The van der Waals surface area contributed by atoms with E-state index in [4.69, 9.17) is 16.3 Å². The number of amides is 1. The van der Waals surface area contributed by atoms with Gasteiger partial charge >= 0.3 is 11.9 Å². The molecular weight excluding hydrogens is 490 g/mol. The summed E-state index contributed by atoms with van der Waals surface area (Å²) in [5.74, 6) is -2.53. The van der Waals surface area contributed by atoms with Gasteiger partial charge in [-0.2, -0.15) is 0 Å². The van der Waals surface area contributed by atoms with Crippen molar-refractivity contribution in [3.05, 3.63) is 94.3 Å². The van der Waals surface area contributed by atoms with Gasteiger partial charge < -0.3 is 9.84 Å². The fourth-order valence-electron chi connectivity index (χ4n) is 3.92. The lowest BCUT2D eigenvalue weighted by Crippen LogP contribution is -2.29. The molecule has 1 N–H and O–H groups in total. The van der Waals surface area contributed by atoms with Gasteiger partial charge in [0.05, 0.1) is 34.5 Å². The summed E-state index contributed by atoms with van der Waals surface area (Å²) in [5, 5.41) is 11.9. The molecule has 0 aliphatic carbocycles. The largest absolute Gasteiger partial charge is 0.507 e. The Kier molecular flexibility index (Phi) is 5.80. The highest BCUT2D eigenvalue weighted by molar-refractivity contribution is 7.22. The summed E-state index contributed by atoms with van der Waals surface area (Å²) >= 11 is 7.31. The Morgan fingerprint density at radius 3 is 2.46 bits per heavy atom. The van der Waals surface area contributed by atoms with E-state index in [-0.39, 0.29) is 16.5 Å². The van der Waals surface area contributed by atoms with Crippen LogP contribution in [0.5, 0.6) is 0 Å². The van der Waals surface area contributed by atoms with Crippen LogP contribution in [0.4, 0.5) is 5.13 Å². The number of benzene rings is 2. The van der Waals surface area contributed by atoms with Crippen molar-refractivity contribution in [1.29, 1.82) is 0 Å². The number of rotatable bonds is 4. The van der Waals surface area contributed by atoms with Crippen LogP contribution in [-0.2, 0) is 14.3 Å².